The summed E-state index contributed by atoms with van der Waals surface area (Å²) in [6, 6.07) is 26.7. The van der Waals surface area contributed by atoms with Gasteiger partial charge in [-0.2, -0.15) is 8.78 Å². The highest BCUT2D eigenvalue weighted by Gasteiger charge is 2.37. The third-order valence-electron chi connectivity index (χ3n) is 7.47. The average Bonchev–Trinajstić information content (AvgIpc) is 2.83. The normalized spacial score (nSPS) is 14.7. The van der Waals surface area contributed by atoms with E-state index >= 15 is 0 Å². The molecule has 1 fully saturated rings. The molecule has 0 saturated carbocycles. The third kappa shape index (κ3) is 6.75. The number of hydrogen-bond donors (Lipinski definition) is 0. The van der Waals surface area contributed by atoms with E-state index in [1.807, 2.05) is 24.3 Å². The van der Waals surface area contributed by atoms with E-state index < -0.39 is 14.9 Å². The van der Waals surface area contributed by atoms with Crippen LogP contribution < -0.4 is 4.74 Å². The Bertz CT molecular complexity index is 1160. The molecule has 3 aromatic carbocycles. The Balaban J connectivity index is 1.52. The topological polar surface area (TPSA) is 21.7 Å². The Hall–Kier alpha value is -2.80. The molecule has 0 spiro atoms. The van der Waals surface area contributed by atoms with Crippen LogP contribution in [-0.2, 0) is 11.0 Å². The molecule has 0 radical (unpaired) electrons. The van der Waals surface area contributed by atoms with Crippen LogP contribution in [0.1, 0.15) is 49.1 Å². The molecule has 0 aromatic heterocycles. The summed E-state index contributed by atoms with van der Waals surface area (Å²) in [5.74, 6) is 0.180. The monoisotopic (exact) mass is 521 g/mol. The molecule has 1 aliphatic heterocycles. The maximum Gasteiger partial charge on any atom is 0.387 e. The van der Waals surface area contributed by atoms with Crippen molar-refractivity contribution in [3.8, 4) is 5.75 Å². The highest BCUT2D eigenvalue weighted by molar-refractivity contribution is 6.74. The number of ether oxygens (including phenoxy) is 1. The number of nitrogens with zero attached hydrogens (tertiary/aromatic N) is 1. The van der Waals surface area contributed by atoms with Gasteiger partial charge in [0, 0.05) is 18.7 Å². The van der Waals surface area contributed by atoms with Crippen LogP contribution in [0.5, 0.6) is 5.75 Å². The van der Waals surface area contributed by atoms with Crippen LogP contribution in [0.4, 0.5) is 8.78 Å². The first-order valence-corrected chi connectivity index (χ1v) is 15.7. The molecule has 0 bridgehead atoms. The van der Waals surface area contributed by atoms with Gasteiger partial charge in [0.1, 0.15) is 5.75 Å². The van der Waals surface area contributed by atoms with Crippen molar-refractivity contribution in [3.05, 3.63) is 107 Å². The van der Waals surface area contributed by atoms with Gasteiger partial charge in [0.05, 0.1) is 12.6 Å². The zero-order valence-electron chi connectivity index (χ0n) is 22.4. The average molecular weight is 522 g/mol. The Morgan fingerprint density at radius 3 is 1.97 bits per heavy atom. The van der Waals surface area contributed by atoms with Crippen molar-refractivity contribution < 1.29 is 17.9 Å². The lowest BCUT2D eigenvalue weighted by Gasteiger charge is -2.41. The summed E-state index contributed by atoms with van der Waals surface area (Å²) < 4.78 is 37.3. The van der Waals surface area contributed by atoms with E-state index in [0.29, 0.717) is 5.56 Å². The van der Waals surface area contributed by atoms with Crippen molar-refractivity contribution >= 4 is 14.4 Å². The van der Waals surface area contributed by atoms with Crippen LogP contribution >= 0.6 is 0 Å². The second-order valence-electron chi connectivity index (χ2n) is 11.2. The Labute approximate surface area is 220 Å². The Morgan fingerprint density at radius 1 is 0.892 bits per heavy atom. The molecule has 1 aliphatic rings. The van der Waals surface area contributed by atoms with Gasteiger partial charge in [0.15, 0.2) is 8.32 Å². The lowest BCUT2D eigenvalue weighted by atomic mass is 9.92. The molecular weight excluding hydrogens is 484 g/mol. The van der Waals surface area contributed by atoms with Crippen LogP contribution in [0, 0.1) is 0 Å². The van der Waals surface area contributed by atoms with Crippen LogP contribution in [0.25, 0.3) is 6.08 Å². The number of rotatable bonds is 9. The van der Waals surface area contributed by atoms with E-state index in [1.165, 1.54) is 16.7 Å². The number of halogens is 2. The van der Waals surface area contributed by atoms with Gasteiger partial charge in [0.25, 0.3) is 0 Å². The smallest absolute Gasteiger partial charge is 0.387 e. The number of benzene rings is 3. The molecule has 1 saturated heterocycles. The minimum Gasteiger partial charge on any atom is -0.434 e. The van der Waals surface area contributed by atoms with Crippen molar-refractivity contribution in [2.75, 3.05) is 13.1 Å². The predicted octanol–water partition coefficient (Wildman–Crippen LogP) is 8.30. The maximum absolute atomic E-state index is 13.1. The highest BCUT2D eigenvalue weighted by atomic mass is 28.4. The predicted molar refractivity (Wildman–Crippen MR) is 149 cm³/mol. The molecule has 1 heterocycles. The van der Waals surface area contributed by atoms with Crippen LogP contribution in [0.3, 0.4) is 0 Å². The summed E-state index contributed by atoms with van der Waals surface area (Å²) in [7, 11) is -2.05. The van der Waals surface area contributed by atoms with Crippen LogP contribution in [0.15, 0.2) is 84.4 Å². The number of hydrogen-bond acceptors (Lipinski definition) is 3. The summed E-state index contributed by atoms with van der Waals surface area (Å²) in [4.78, 5) is 2.45. The van der Waals surface area contributed by atoms with E-state index in [9.17, 15) is 8.78 Å². The molecule has 0 N–H and O–H groups in total. The van der Waals surface area contributed by atoms with E-state index in [4.69, 9.17) is 9.16 Å². The minimum absolute atomic E-state index is 0.0275. The summed E-state index contributed by atoms with van der Waals surface area (Å²) in [5, 5.41) is 0.0275. The SMILES string of the molecule is CC(C)(C)[Si](C)(C)OCc1cc(C=C2CN(C(c3ccccc3)c3ccccc3)C2)ccc1OC(F)F. The molecule has 196 valence electrons. The largest absolute Gasteiger partial charge is 0.434 e. The first kappa shape index (κ1) is 27.2. The lowest BCUT2D eigenvalue weighted by molar-refractivity contribution is -0.0509. The Kier molecular flexibility index (Phi) is 8.31. The quantitative estimate of drug-likeness (QED) is 0.264. The van der Waals surface area contributed by atoms with Crippen molar-refractivity contribution in [3.63, 3.8) is 0 Å². The summed E-state index contributed by atoms with van der Waals surface area (Å²) in [5.41, 5.74) is 5.47. The second-order valence-corrected chi connectivity index (χ2v) is 16.0. The fourth-order valence-corrected chi connectivity index (χ4v) is 5.31. The Morgan fingerprint density at radius 2 is 1.46 bits per heavy atom. The van der Waals surface area contributed by atoms with Gasteiger partial charge >= 0.3 is 6.61 Å². The second kappa shape index (κ2) is 11.3. The molecule has 3 nitrogen and oxygen atoms in total. The first-order valence-electron chi connectivity index (χ1n) is 12.8. The first-order chi connectivity index (χ1) is 17.5. The molecule has 6 heteroatoms. The standard InChI is InChI=1S/C31H37F2NO2Si/c1-31(2,3)37(4,5)35-22-27-19-23(16-17-28(27)36-30(32)33)18-24-20-34(21-24)29(25-12-8-6-9-13-25)26-14-10-7-11-15-26/h6-19,29-30H,20-22H2,1-5H3. The van der Waals surface area contributed by atoms with E-state index in [-0.39, 0.29) is 23.4 Å². The fraction of sp³-hybridized carbons (Fsp3) is 0.355. The minimum atomic E-state index is -2.87. The van der Waals surface area contributed by atoms with Crippen molar-refractivity contribution in [2.24, 2.45) is 0 Å². The highest BCUT2D eigenvalue weighted by Crippen LogP contribution is 2.38. The van der Waals surface area contributed by atoms with Crippen LogP contribution in [-0.4, -0.2) is 32.9 Å². The molecule has 37 heavy (non-hydrogen) atoms. The summed E-state index contributed by atoms with van der Waals surface area (Å²) >= 11 is 0. The summed E-state index contributed by atoms with van der Waals surface area (Å²) in [6.07, 6.45) is 2.16. The van der Waals surface area contributed by atoms with Gasteiger partial charge in [-0.05, 0) is 52.5 Å². The molecule has 0 atom stereocenters. The number of likely N-dealkylation sites (tertiary alicyclic amines) is 1. The number of alkyl halides is 2. The van der Waals surface area contributed by atoms with Gasteiger partial charge in [-0.1, -0.05) is 93.6 Å². The maximum atomic E-state index is 13.1. The van der Waals surface area contributed by atoms with E-state index in [1.54, 1.807) is 6.07 Å². The van der Waals surface area contributed by atoms with Gasteiger partial charge in [-0.15, -0.1) is 0 Å². The van der Waals surface area contributed by atoms with Crippen molar-refractivity contribution in [1.29, 1.82) is 0 Å². The van der Waals surface area contributed by atoms with Crippen LogP contribution in [0.2, 0.25) is 18.1 Å². The molecule has 0 unspecified atom stereocenters. The van der Waals surface area contributed by atoms with Gasteiger partial charge in [0.2, 0.25) is 0 Å². The molecule has 0 amide bonds. The fourth-order valence-electron chi connectivity index (χ4n) is 4.36. The van der Waals surface area contributed by atoms with Gasteiger partial charge in [-0.3, -0.25) is 4.90 Å². The lowest BCUT2D eigenvalue weighted by Crippen LogP contribution is -2.43. The zero-order chi connectivity index (χ0) is 26.6. The molecule has 4 rings (SSSR count). The zero-order valence-corrected chi connectivity index (χ0v) is 23.4. The van der Waals surface area contributed by atoms with Gasteiger partial charge < -0.3 is 9.16 Å². The third-order valence-corrected chi connectivity index (χ3v) is 12.0. The molecule has 3 aromatic rings. The van der Waals surface area contributed by atoms with Gasteiger partial charge in [-0.25, -0.2) is 0 Å². The van der Waals surface area contributed by atoms with E-state index in [0.717, 1.165) is 18.7 Å². The van der Waals surface area contributed by atoms with Crippen molar-refractivity contribution in [2.45, 2.75) is 58.2 Å². The molecular formula is C31H37F2NO2Si. The van der Waals surface area contributed by atoms with E-state index in [2.05, 4.69) is 93.4 Å². The van der Waals surface area contributed by atoms with Crippen molar-refractivity contribution in [1.82, 2.24) is 4.90 Å². The summed E-state index contributed by atoms with van der Waals surface area (Å²) in [6.45, 7) is 9.89. The molecule has 0 aliphatic carbocycles.